The first-order valence-corrected chi connectivity index (χ1v) is 7.57. The van der Waals surface area contributed by atoms with E-state index in [1.807, 2.05) is 13.8 Å². The Morgan fingerprint density at radius 2 is 1.83 bits per heavy atom. The summed E-state index contributed by atoms with van der Waals surface area (Å²) in [5.74, 6) is 0. The molecule has 0 radical (unpaired) electrons. The predicted molar refractivity (Wildman–Crippen MR) is 75.2 cm³/mol. The van der Waals surface area contributed by atoms with Crippen LogP contribution in [0.3, 0.4) is 0 Å². The van der Waals surface area contributed by atoms with Crippen molar-refractivity contribution in [2.75, 3.05) is 18.9 Å². The van der Waals surface area contributed by atoms with Crippen LogP contribution in [-0.2, 0) is 10.0 Å². The Bertz CT molecular complexity index is 495. The molecule has 0 aromatic heterocycles. The zero-order valence-corrected chi connectivity index (χ0v) is 12.3. The highest BCUT2D eigenvalue weighted by atomic mass is 32.2. The smallest absolute Gasteiger partial charge is 0.242 e. The first kappa shape index (κ1) is 15.0. The summed E-state index contributed by atoms with van der Waals surface area (Å²) in [6.45, 7) is 6.57. The minimum atomic E-state index is -3.46. The third-order valence-corrected chi connectivity index (χ3v) is 4.60. The SMILES string of the molecule is CCC(C)(C)CNS(=O)(=O)c1ccccc1NC. The Morgan fingerprint density at radius 3 is 2.39 bits per heavy atom. The molecule has 0 fully saturated rings. The van der Waals surface area contributed by atoms with Gasteiger partial charge in [-0.15, -0.1) is 0 Å². The molecule has 102 valence electrons. The van der Waals surface area contributed by atoms with E-state index < -0.39 is 10.0 Å². The lowest BCUT2D eigenvalue weighted by Crippen LogP contribution is -2.33. The molecule has 1 rings (SSSR count). The highest BCUT2D eigenvalue weighted by molar-refractivity contribution is 7.89. The van der Waals surface area contributed by atoms with Crippen molar-refractivity contribution in [3.63, 3.8) is 0 Å². The number of benzene rings is 1. The van der Waals surface area contributed by atoms with E-state index in [1.54, 1.807) is 31.3 Å². The first-order valence-electron chi connectivity index (χ1n) is 6.09. The minimum absolute atomic E-state index is 0.0400. The summed E-state index contributed by atoms with van der Waals surface area (Å²) in [4.78, 5) is 0.291. The van der Waals surface area contributed by atoms with Gasteiger partial charge in [0.1, 0.15) is 4.90 Å². The van der Waals surface area contributed by atoms with Gasteiger partial charge in [-0.3, -0.25) is 0 Å². The van der Waals surface area contributed by atoms with Gasteiger partial charge in [-0.25, -0.2) is 13.1 Å². The van der Waals surface area contributed by atoms with Crippen molar-refractivity contribution < 1.29 is 8.42 Å². The van der Waals surface area contributed by atoms with Crippen LogP contribution in [0, 0.1) is 5.41 Å². The molecule has 1 aromatic carbocycles. The van der Waals surface area contributed by atoms with Gasteiger partial charge in [0.15, 0.2) is 0 Å². The number of anilines is 1. The first-order chi connectivity index (χ1) is 8.32. The zero-order chi connectivity index (χ0) is 13.8. The fraction of sp³-hybridized carbons (Fsp3) is 0.538. The molecular weight excluding hydrogens is 248 g/mol. The minimum Gasteiger partial charge on any atom is -0.387 e. The van der Waals surface area contributed by atoms with Crippen LogP contribution >= 0.6 is 0 Å². The Kier molecular flexibility index (Phi) is 4.76. The summed E-state index contributed by atoms with van der Waals surface area (Å²) in [5.41, 5.74) is 0.570. The van der Waals surface area contributed by atoms with Crippen LogP contribution in [0.5, 0.6) is 0 Å². The largest absolute Gasteiger partial charge is 0.387 e. The summed E-state index contributed by atoms with van der Waals surface area (Å²) < 4.78 is 27.1. The van der Waals surface area contributed by atoms with Crippen LogP contribution in [0.25, 0.3) is 0 Å². The van der Waals surface area contributed by atoms with Gasteiger partial charge in [-0.1, -0.05) is 32.9 Å². The normalized spacial score (nSPS) is 12.4. The molecule has 0 bridgehead atoms. The van der Waals surface area contributed by atoms with E-state index in [-0.39, 0.29) is 5.41 Å². The molecule has 0 aliphatic carbocycles. The van der Waals surface area contributed by atoms with Gasteiger partial charge in [-0.2, -0.15) is 0 Å². The number of sulfonamides is 1. The molecule has 1 aromatic rings. The van der Waals surface area contributed by atoms with Crippen molar-refractivity contribution in [3.05, 3.63) is 24.3 Å². The van der Waals surface area contributed by atoms with E-state index in [0.717, 1.165) is 6.42 Å². The van der Waals surface area contributed by atoms with E-state index in [4.69, 9.17) is 0 Å². The molecular formula is C13H22N2O2S. The van der Waals surface area contributed by atoms with Crippen LogP contribution < -0.4 is 10.0 Å². The molecule has 18 heavy (non-hydrogen) atoms. The van der Waals surface area contributed by atoms with E-state index in [0.29, 0.717) is 17.1 Å². The molecule has 2 N–H and O–H groups in total. The lowest BCUT2D eigenvalue weighted by atomic mass is 9.91. The van der Waals surface area contributed by atoms with Gasteiger partial charge >= 0.3 is 0 Å². The fourth-order valence-corrected chi connectivity index (χ4v) is 2.85. The quantitative estimate of drug-likeness (QED) is 0.834. The summed E-state index contributed by atoms with van der Waals surface area (Å²) in [6, 6.07) is 6.88. The van der Waals surface area contributed by atoms with Crippen LogP contribution in [0.4, 0.5) is 5.69 Å². The van der Waals surface area contributed by atoms with Gasteiger partial charge in [0.2, 0.25) is 10.0 Å². The molecule has 0 atom stereocenters. The molecule has 0 unspecified atom stereocenters. The van der Waals surface area contributed by atoms with Crippen LogP contribution in [0.2, 0.25) is 0 Å². The van der Waals surface area contributed by atoms with Gasteiger partial charge in [0, 0.05) is 13.6 Å². The van der Waals surface area contributed by atoms with E-state index >= 15 is 0 Å². The lowest BCUT2D eigenvalue weighted by molar-refractivity contribution is 0.350. The van der Waals surface area contributed by atoms with E-state index in [2.05, 4.69) is 17.0 Å². The molecule has 0 heterocycles. The van der Waals surface area contributed by atoms with Gasteiger partial charge < -0.3 is 5.32 Å². The standard InChI is InChI=1S/C13H22N2O2S/c1-5-13(2,3)10-15-18(16,17)12-9-7-6-8-11(12)14-4/h6-9,14-15H,5,10H2,1-4H3. The summed E-state index contributed by atoms with van der Waals surface area (Å²) in [5, 5.41) is 2.89. The van der Waals surface area contributed by atoms with Crippen LogP contribution in [0.1, 0.15) is 27.2 Å². The third kappa shape index (κ3) is 3.71. The van der Waals surface area contributed by atoms with Crippen molar-refractivity contribution >= 4 is 15.7 Å². The number of hydrogen-bond acceptors (Lipinski definition) is 3. The number of hydrogen-bond donors (Lipinski definition) is 2. The topological polar surface area (TPSA) is 58.2 Å². The lowest BCUT2D eigenvalue weighted by Gasteiger charge is -2.23. The third-order valence-electron chi connectivity index (χ3n) is 3.14. The highest BCUT2D eigenvalue weighted by Gasteiger charge is 2.22. The van der Waals surface area contributed by atoms with Crippen molar-refractivity contribution in [2.45, 2.75) is 32.1 Å². The van der Waals surface area contributed by atoms with E-state index in [1.165, 1.54) is 0 Å². The second-order valence-electron chi connectivity index (χ2n) is 5.09. The predicted octanol–water partition coefficient (Wildman–Crippen LogP) is 2.44. The molecule has 0 amide bonds. The molecule has 5 heteroatoms. The van der Waals surface area contributed by atoms with Crippen molar-refractivity contribution in [1.29, 1.82) is 0 Å². The summed E-state index contributed by atoms with van der Waals surface area (Å²) >= 11 is 0. The van der Waals surface area contributed by atoms with Crippen LogP contribution in [0.15, 0.2) is 29.2 Å². The molecule has 0 spiro atoms. The molecule has 0 saturated carbocycles. The average Bonchev–Trinajstić information content (AvgIpc) is 2.37. The Labute approximate surface area is 110 Å². The van der Waals surface area contributed by atoms with Crippen molar-refractivity contribution in [1.82, 2.24) is 4.72 Å². The molecule has 4 nitrogen and oxygen atoms in total. The Hall–Kier alpha value is -1.07. The highest BCUT2D eigenvalue weighted by Crippen LogP contribution is 2.22. The van der Waals surface area contributed by atoms with Crippen molar-refractivity contribution in [2.24, 2.45) is 5.41 Å². The molecule has 0 aliphatic rings. The van der Waals surface area contributed by atoms with Crippen LogP contribution in [-0.4, -0.2) is 22.0 Å². The van der Waals surface area contributed by atoms with Gasteiger partial charge in [0.25, 0.3) is 0 Å². The second-order valence-corrected chi connectivity index (χ2v) is 6.82. The number of para-hydroxylation sites is 1. The summed E-state index contributed by atoms with van der Waals surface area (Å²) in [6.07, 6.45) is 0.920. The van der Waals surface area contributed by atoms with Gasteiger partial charge in [-0.05, 0) is 24.0 Å². The Balaban J connectivity index is 2.94. The monoisotopic (exact) mass is 270 g/mol. The second kappa shape index (κ2) is 5.71. The van der Waals surface area contributed by atoms with E-state index in [9.17, 15) is 8.42 Å². The average molecular weight is 270 g/mol. The molecule has 0 saturated heterocycles. The zero-order valence-electron chi connectivity index (χ0n) is 11.4. The maximum atomic E-state index is 12.2. The van der Waals surface area contributed by atoms with Gasteiger partial charge in [0.05, 0.1) is 5.69 Å². The maximum Gasteiger partial charge on any atom is 0.242 e. The fourth-order valence-electron chi connectivity index (χ4n) is 1.40. The maximum absolute atomic E-state index is 12.2. The van der Waals surface area contributed by atoms with Crippen molar-refractivity contribution in [3.8, 4) is 0 Å². The molecule has 0 aliphatic heterocycles. The Morgan fingerprint density at radius 1 is 1.22 bits per heavy atom. The number of nitrogens with one attached hydrogen (secondary N) is 2. The summed E-state index contributed by atoms with van der Waals surface area (Å²) in [7, 11) is -1.75. The number of rotatable bonds is 6.